The molecule has 160 valence electrons. The molecule has 2 aromatic carbocycles. The molecule has 1 aromatic heterocycles. The van der Waals surface area contributed by atoms with E-state index in [-0.39, 0.29) is 12.3 Å². The number of methoxy groups -OCH3 is 3. The number of rotatable bonds is 6. The largest absolute Gasteiger partial charge is 0.497 e. The Morgan fingerprint density at radius 1 is 1.06 bits per heavy atom. The third-order valence-electron chi connectivity index (χ3n) is 5.09. The van der Waals surface area contributed by atoms with Crippen LogP contribution in [-0.2, 0) is 9.59 Å². The fourth-order valence-electron chi connectivity index (χ4n) is 3.56. The van der Waals surface area contributed by atoms with E-state index in [1.165, 1.54) is 18.9 Å². The second-order valence-electron chi connectivity index (χ2n) is 6.88. The van der Waals surface area contributed by atoms with Crippen molar-refractivity contribution in [3.63, 3.8) is 0 Å². The lowest BCUT2D eigenvalue weighted by molar-refractivity contribution is -0.125. The summed E-state index contributed by atoms with van der Waals surface area (Å²) in [4.78, 5) is 25.6. The summed E-state index contributed by atoms with van der Waals surface area (Å²) < 4.78 is 17.5. The number of benzene rings is 2. The van der Waals surface area contributed by atoms with Crippen LogP contribution in [0.1, 0.15) is 12.5 Å². The van der Waals surface area contributed by atoms with Gasteiger partial charge in [-0.2, -0.15) is 5.10 Å². The van der Waals surface area contributed by atoms with Gasteiger partial charge in [0.25, 0.3) is 0 Å². The summed E-state index contributed by atoms with van der Waals surface area (Å²) in [7, 11) is 4.62. The molecule has 0 saturated heterocycles. The Labute approximate surface area is 178 Å². The highest BCUT2D eigenvalue weighted by atomic mass is 16.5. The number of carbonyl (C=O) groups excluding carboxylic acids is 2. The normalized spacial score (nSPS) is 14.9. The Bertz CT molecular complexity index is 1140. The zero-order valence-corrected chi connectivity index (χ0v) is 17.3. The first-order chi connectivity index (χ1) is 15.0. The van der Waals surface area contributed by atoms with Crippen molar-refractivity contribution in [3.8, 4) is 28.4 Å². The minimum absolute atomic E-state index is 0.0435. The van der Waals surface area contributed by atoms with Crippen molar-refractivity contribution in [2.24, 2.45) is 0 Å². The lowest BCUT2D eigenvalue weighted by Gasteiger charge is -2.25. The molecule has 1 aliphatic rings. The summed E-state index contributed by atoms with van der Waals surface area (Å²) >= 11 is 0. The number of amides is 2. The standard InChI is InChI=1S/C22H22N4O5/c1-29-13-8-9-19(31-3)16(10-13)24-22(28)17-11-20(27)25-21-15(12-23-26(17)21)14-6-4-5-7-18(14)30-2/h4-10,12,17H,11H2,1-3H3,(H,24,28)(H,25,27)/t17-/m0/s1. The van der Waals surface area contributed by atoms with Crippen molar-refractivity contribution in [1.29, 1.82) is 0 Å². The maximum absolute atomic E-state index is 13.1. The molecule has 0 unspecified atom stereocenters. The van der Waals surface area contributed by atoms with Crippen LogP contribution in [0.4, 0.5) is 11.5 Å². The fourth-order valence-corrected chi connectivity index (χ4v) is 3.56. The lowest BCUT2D eigenvalue weighted by atomic mass is 10.1. The summed E-state index contributed by atoms with van der Waals surface area (Å²) in [6, 6.07) is 11.7. The van der Waals surface area contributed by atoms with Crippen LogP contribution in [0.5, 0.6) is 17.2 Å². The third-order valence-corrected chi connectivity index (χ3v) is 5.09. The first-order valence-corrected chi connectivity index (χ1v) is 9.59. The van der Waals surface area contributed by atoms with Gasteiger partial charge in [-0.3, -0.25) is 9.59 Å². The molecular formula is C22H22N4O5. The minimum Gasteiger partial charge on any atom is -0.497 e. The first kappa shape index (κ1) is 20.3. The van der Waals surface area contributed by atoms with Gasteiger partial charge in [-0.1, -0.05) is 18.2 Å². The molecule has 31 heavy (non-hydrogen) atoms. The van der Waals surface area contributed by atoms with Crippen molar-refractivity contribution in [1.82, 2.24) is 9.78 Å². The highest BCUT2D eigenvalue weighted by Crippen LogP contribution is 2.39. The molecule has 2 heterocycles. The van der Waals surface area contributed by atoms with Gasteiger partial charge in [0.1, 0.15) is 29.1 Å². The van der Waals surface area contributed by atoms with Crippen LogP contribution < -0.4 is 24.8 Å². The molecule has 2 N–H and O–H groups in total. The number of nitrogens with zero attached hydrogens (tertiary/aromatic N) is 2. The number of hydrogen-bond donors (Lipinski definition) is 2. The smallest absolute Gasteiger partial charge is 0.249 e. The predicted octanol–water partition coefficient (Wildman–Crippen LogP) is 3.10. The molecular weight excluding hydrogens is 400 g/mol. The van der Waals surface area contributed by atoms with Crippen LogP contribution in [0.15, 0.2) is 48.7 Å². The predicted molar refractivity (Wildman–Crippen MR) is 115 cm³/mol. The van der Waals surface area contributed by atoms with Gasteiger partial charge in [-0.25, -0.2) is 4.68 Å². The van der Waals surface area contributed by atoms with Crippen LogP contribution in [0.3, 0.4) is 0 Å². The SMILES string of the molecule is COc1ccc(OC)c(NC(=O)[C@@H]2CC(=O)Nc3c(-c4ccccc4OC)cnn32)c1. The molecule has 0 spiro atoms. The molecule has 0 fully saturated rings. The van der Waals surface area contributed by atoms with Gasteiger partial charge in [0.15, 0.2) is 0 Å². The second kappa shape index (κ2) is 8.39. The summed E-state index contributed by atoms with van der Waals surface area (Å²) in [6.07, 6.45) is 1.57. The number of para-hydroxylation sites is 1. The van der Waals surface area contributed by atoms with E-state index in [1.807, 2.05) is 24.3 Å². The van der Waals surface area contributed by atoms with E-state index in [0.717, 1.165) is 5.56 Å². The Hall–Kier alpha value is -4.01. The van der Waals surface area contributed by atoms with E-state index >= 15 is 0 Å². The lowest BCUT2D eigenvalue weighted by Crippen LogP contribution is -2.36. The fraction of sp³-hybridized carbons (Fsp3) is 0.227. The van der Waals surface area contributed by atoms with Crippen LogP contribution >= 0.6 is 0 Å². The Morgan fingerprint density at radius 3 is 2.58 bits per heavy atom. The van der Waals surface area contributed by atoms with Crippen molar-refractivity contribution in [2.45, 2.75) is 12.5 Å². The molecule has 9 heteroatoms. The zero-order chi connectivity index (χ0) is 22.0. The Morgan fingerprint density at radius 2 is 1.84 bits per heavy atom. The Balaban J connectivity index is 1.69. The summed E-state index contributed by atoms with van der Waals surface area (Å²) in [5, 5.41) is 10.1. The molecule has 1 aliphatic heterocycles. The molecule has 3 aromatic rings. The number of fused-ring (bicyclic) bond motifs is 1. The molecule has 2 amide bonds. The van der Waals surface area contributed by atoms with E-state index in [2.05, 4.69) is 15.7 Å². The molecule has 4 rings (SSSR count). The number of hydrogen-bond acceptors (Lipinski definition) is 6. The van der Waals surface area contributed by atoms with Crippen LogP contribution in [-0.4, -0.2) is 42.9 Å². The first-order valence-electron chi connectivity index (χ1n) is 9.59. The second-order valence-corrected chi connectivity index (χ2v) is 6.88. The number of carbonyl (C=O) groups is 2. The van der Waals surface area contributed by atoms with Gasteiger partial charge in [0.05, 0.1) is 39.6 Å². The van der Waals surface area contributed by atoms with Crippen molar-refractivity contribution >= 4 is 23.3 Å². The highest BCUT2D eigenvalue weighted by molar-refractivity contribution is 6.03. The van der Waals surface area contributed by atoms with E-state index in [1.54, 1.807) is 31.5 Å². The minimum atomic E-state index is -0.830. The molecule has 9 nitrogen and oxygen atoms in total. The number of aromatic nitrogens is 2. The molecule has 0 aliphatic carbocycles. The van der Waals surface area contributed by atoms with E-state index in [9.17, 15) is 9.59 Å². The molecule has 1 atom stereocenters. The average Bonchev–Trinajstić information content (AvgIpc) is 3.21. The number of anilines is 2. The maximum Gasteiger partial charge on any atom is 0.249 e. The topological polar surface area (TPSA) is 104 Å². The third kappa shape index (κ3) is 3.77. The van der Waals surface area contributed by atoms with Crippen molar-refractivity contribution in [2.75, 3.05) is 32.0 Å². The van der Waals surface area contributed by atoms with E-state index in [0.29, 0.717) is 34.3 Å². The van der Waals surface area contributed by atoms with E-state index < -0.39 is 11.9 Å². The van der Waals surface area contributed by atoms with Crippen LogP contribution in [0.25, 0.3) is 11.1 Å². The van der Waals surface area contributed by atoms with E-state index in [4.69, 9.17) is 14.2 Å². The zero-order valence-electron chi connectivity index (χ0n) is 17.3. The molecule has 0 saturated carbocycles. The van der Waals surface area contributed by atoms with Gasteiger partial charge < -0.3 is 24.8 Å². The summed E-state index contributed by atoms with van der Waals surface area (Å²) in [6.45, 7) is 0. The maximum atomic E-state index is 13.1. The molecule has 0 radical (unpaired) electrons. The summed E-state index contributed by atoms with van der Waals surface area (Å²) in [5.74, 6) is 1.46. The molecule has 0 bridgehead atoms. The Kier molecular flexibility index (Phi) is 5.48. The number of ether oxygens (including phenoxy) is 3. The quantitative estimate of drug-likeness (QED) is 0.633. The van der Waals surface area contributed by atoms with Crippen molar-refractivity contribution in [3.05, 3.63) is 48.7 Å². The van der Waals surface area contributed by atoms with Gasteiger partial charge in [-0.05, 0) is 18.2 Å². The van der Waals surface area contributed by atoms with Gasteiger partial charge in [-0.15, -0.1) is 0 Å². The number of nitrogens with one attached hydrogen (secondary N) is 2. The van der Waals surface area contributed by atoms with Gasteiger partial charge in [0.2, 0.25) is 11.8 Å². The van der Waals surface area contributed by atoms with Gasteiger partial charge >= 0.3 is 0 Å². The van der Waals surface area contributed by atoms with Crippen LogP contribution in [0.2, 0.25) is 0 Å². The summed E-state index contributed by atoms with van der Waals surface area (Å²) in [5.41, 5.74) is 1.88. The van der Waals surface area contributed by atoms with Gasteiger partial charge in [0, 0.05) is 17.2 Å². The van der Waals surface area contributed by atoms with Crippen LogP contribution in [0, 0.1) is 0 Å². The van der Waals surface area contributed by atoms with Crippen molar-refractivity contribution < 1.29 is 23.8 Å². The monoisotopic (exact) mass is 422 g/mol. The average molecular weight is 422 g/mol. The highest BCUT2D eigenvalue weighted by Gasteiger charge is 2.34.